The molecule has 1 aliphatic rings. The van der Waals surface area contributed by atoms with Gasteiger partial charge in [-0.25, -0.2) is 5.84 Å². The number of aliphatic hydroxyl groups excluding tert-OH is 1. The van der Waals surface area contributed by atoms with Gasteiger partial charge in [-0.1, -0.05) is 4.49 Å². The first-order valence-corrected chi connectivity index (χ1v) is 6.22. The highest BCUT2D eigenvalue weighted by atomic mass is 32.1. The maximum absolute atomic E-state index is 8.89. The summed E-state index contributed by atoms with van der Waals surface area (Å²) in [5.74, 6) is 5.99. The van der Waals surface area contributed by atoms with E-state index in [2.05, 4.69) is 19.9 Å². The van der Waals surface area contributed by atoms with Crippen molar-refractivity contribution in [2.75, 3.05) is 25.1 Å². The zero-order chi connectivity index (χ0) is 11.4. The summed E-state index contributed by atoms with van der Waals surface area (Å²) in [5, 5.41) is 13.8. The Bertz CT molecular complexity index is 331. The number of nitrogens with zero attached hydrogens (tertiary/aromatic N) is 3. The number of hydrogen-bond donors (Lipinski definition) is 3. The molecule has 0 amide bonds. The first-order valence-electron chi connectivity index (χ1n) is 5.44. The highest BCUT2D eigenvalue weighted by Crippen LogP contribution is 2.23. The molecule has 0 aromatic carbocycles. The molecule has 1 atom stereocenters. The molecule has 0 radical (unpaired) electrons. The number of nitrogens with two attached hydrogens (primary N) is 1. The maximum atomic E-state index is 8.89. The second kappa shape index (κ2) is 5.53. The van der Waals surface area contributed by atoms with Gasteiger partial charge in [0.1, 0.15) is 10.7 Å². The molecule has 1 aliphatic heterocycles. The predicted octanol–water partition coefficient (Wildman–Crippen LogP) is 0.0280. The molecule has 0 aliphatic carbocycles. The van der Waals surface area contributed by atoms with Gasteiger partial charge in [0, 0.05) is 31.2 Å². The monoisotopic (exact) mass is 243 g/mol. The smallest absolute Gasteiger partial charge is 0.148 e. The molecule has 1 fully saturated rings. The molecule has 90 valence electrons. The molecule has 4 N–H and O–H groups in total. The van der Waals surface area contributed by atoms with Crippen molar-refractivity contribution in [3.63, 3.8) is 0 Å². The Kier molecular flexibility index (Phi) is 4.05. The lowest BCUT2D eigenvalue weighted by atomic mass is 10.1. The Morgan fingerprint density at radius 3 is 3.25 bits per heavy atom. The van der Waals surface area contributed by atoms with Crippen LogP contribution in [0, 0.1) is 5.92 Å². The van der Waals surface area contributed by atoms with E-state index in [1.54, 1.807) is 0 Å². The maximum Gasteiger partial charge on any atom is 0.148 e. The molecule has 7 heteroatoms. The Labute approximate surface area is 98.6 Å². The van der Waals surface area contributed by atoms with Crippen LogP contribution in [0.5, 0.6) is 0 Å². The van der Waals surface area contributed by atoms with Crippen molar-refractivity contribution >= 4 is 16.5 Å². The summed E-state index contributed by atoms with van der Waals surface area (Å²) in [5.41, 5.74) is 3.53. The number of anilines is 1. The van der Waals surface area contributed by atoms with E-state index in [0.717, 1.165) is 43.2 Å². The van der Waals surface area contributed by atoms with Gasteiger partial charge in [0.2, 0.25) is 0 Å². The standard InChI is InChI=1S/C9H17N5OS/c10-11-9-8(12-13-16-9)6-14-3-1-7(5-14)2-4-15/h7,11,15H,1-6,10H2. The second-order valence-electron chi connectivity index (χ2n) is 4.10. The van der Waals surface area contributed by atoms with Crippen LogP contribution in [-0.2, 0) is 6.54 Å². The molecule has 1 unspecified atom stereocenters. The number of nitrogens with one attached hydrogen (secondary N) is 1. The van der Waals surface area contributed by atoms with Gasteiger partial charge in [-0.3, -0.25) is 4.90 Å². The number of hydrogen-bond acceptors (Lipinski definition) is 7. The topological polar surface area (TPSA) is 87.3 Å². The van der Waals surface area contributed by atoms with Crippen LogP contribution < -0.4 is 11.3 Å². The quantitative estimate of drug-likeness (QED) is 0.499. The van der Waals surface area contributed by atoms with Crippen molar-refractivity contribution in [1.29, 1.82) is 0 Å². The second-order valence-corrected chi connectivity index (χ2v) is 4.85. The normalized spacial score (nSPS) is 21.5. The van der Waals surface area contributed by atoms with Crippen LogP contribution in [0.3, 0.4) is 0 Å². The molecule has 0 spiro atoms. The zero-order valence-electron chi connectivity index (χ0n) is 9.09. The van der Waals surface area contributed by atoms with Crippen LogP contribution in [0.4, 0.5) is 5.00 Å². The third-order valence-electron chi connectivity index (χ3n) is 2.97. The van der Waals surface area contributed by atoms with Gasteiger partial charge in [-0.2, -0.15) is 0 Å². The minimum Gasteiger partial charge on any atom is -0.396 e. The summed E-state index contributed by atoms with van der Waals surface area (Å²) in [4.78, 5) is 2.33. The summed E-state index contributed by atoms with van der Waals surface area (Å²) in [6.07, 6.45) is 2.05. The number of rotatable bonds is 5. The van der Waals surface area contributed by atoms with Crippen LogP contribution in [0.25, 0.3) is 0 Å². The van der Waals surface area contributed by atoms with E-state index in [4.69, 9.17) is 10.9 Å². The number of nitrogen functional groups attached to an aromatic ring is 1. The van der Waals surface area contributed by atoms with Crippen molar-refractivity contribution in [2.24, 2.45) is 11.8 Å². The van der Waals surface area contributed by atoms with Crippen LogP contribution in [0.2, 0.25) is 0 Å². The van der Waals surface area contributed by atoms with E-state index in [1.807, 2.05) is 0 Å². The van der Waals surface area contributed by atoms with E-state index in [1.165, 1.54) is 11.5 Å². The molecule has 2 rings (SSSR count). The first kappa shape index (κ1) is 11.7. The van der Waals surface area contributed by atoms with Gasteiger partial charge >= 0.3 is 0 Å². The molecular formula is C9H17N5OS. The lowest BCUT2D eigenvalue weighted by molar-refractivity contribution is 0.249. The summed E-state index contributed by atoms with van der Waals surface area (Å²) in [6, 6.07) is 0. The number of hydrazine groups is 1. The van der Waals surface area contributed by atoms with Crippen molar-refractivity contribution in [1.82, 2.24) is 14.5 Å². The van der Waals surface area contributed by atoms with Gasteiger partial charge in [-0.15, -0.1) is 5.10 Å². The SMILES string of the molecule is NNc1snnc1CN1CCC(CCO)C1. The van der Waals surface area contributed by atoms with Crippen LogP contribution in [0.1, 0.15) is 18.5 Å². The fourth-order valence-electron chi connectivity index (χ4n) is 2.11. The van der Waals surface area contributed by atoms with Gasteiger partial charge in [0.25, 0.3) is 0 Å². The van der Waals surface area contributed by atoms with Gasteiger partial charge in [-0.05, 0) is 25.3 Å². The molecule has 1 saturated heterocycles. The summed E-state index contributed by atoms with van der Waals surface area (Å²) < 4.78 is 3.87. The summed E-state index contributed by atoms with van der Waals surface area (Å²) in [6.45, 7) is 3.17. The third-order valence-corrected chi connectivity index (χ3v) is 3.67. The number of likely N-dealkylation sites (tertiary alicyclic amines) is 1. The fourth-order valence-corrected chi connectivity index (χ4v) is 2.59. The molecule has 6 nitrogen and oxygen atoms in total. The highest BCUT2D eigenvalue weighted by Gasteiger charge is 2.23. The van der Waals surface area contributed by atoms with E-state index in [0.29, 0.717) is 5.92 Å². The molecule has 2 heterocycles. The number of aromatic nitrogens is 2. The van der Waals surface area contributed by atoms with Gasteiger partial charge in [0.05, 0.1) is 0 Å². The molecule has 16 heavy (non-hydrogen) atoms. The van der Waals surface area contributed by atoms with Crippen molar-refractivity contribution in [3.8, 4) is 0 Å². The van der Waals surface area contributed by atoms with Gasteiger partial charge in [0.15, 0.2) is 0 Å². The summed E-state index contributed by atoms with van der Waals surface area (Å²) in [7, 11) is 0. The Balaban J connectivity index is 1.87. The Morgan fingerprint density at radius 1 is 1.62 bits per heavy atom. The lowest BCUT2D eigenvalue weighted by Gasteiger charge is -2.14. The summed E-state index contributed by atoms with van der Waals surface area (Å²) >= 11 is 1.28. The van der Waals surface area contributed by atoms with E-state index in [9.17, 15) is 0 Å². The highest BCUT2D eigenvalue weighted by molar-refractivity contribution is 7.10. The van der Waals surface area contributed by atoms with Crippen molar-refractivity contribution in [3.05, 3.63) is 5.69 Å². The first-order chi connectivity index (χ1) is 7.83. The molecule has 0 bridgehead atoms. The molecule has 0 saturated carbocycles. The van der Waals surface area contributed by atoms with E-state index in [-0.39, 0.29) is 6.61 Å². The average molecular weight is 243 g/mol. The third kappa shape index (κ3) is 2.67. The Morgan fingerprint density at radius 2 is 2.50 bits per heavy atom. The van der Waals surface area contributed by atoms with Crippen LogP contribution >= 0.6 is 11.5 Å². The molecule has 1 aromatic rings. The molecular weight excluding hydrogens is 226 g/mol. The van der Waals surface area contributed by atoms with Crippen LogP contribution in [0.15, 0.2) is 0 Å². The number of aliphatic hydroxyl groups is 1. The predicted molar refractivity (Wildman–Crippen MR) is 62.8 cm³/mol. The van der Waals surface area contributed by atoms with Crippen molar-refractivity contribution < 1.29 is 5.11 Å². The lowest BCUT2D eigenvalue weighted by Crippen LogP contribution is -2.21. The average Bonchev–Trinajstić information content (AvgIpc) is 2.89. The van der Waals surface area contributed by atoms with E-state index < -0.39 is 0 Å². The minimum absolute atomic E-state index is 0.284. The largest absolute Gasteiger partial charge is 0.396 e. The molecule has 1 aromatic heterocycles. The van der Waals surface area contributed by atoms with Gasteiger partial charge < -0.3 is 10.5 Å². The zero-order valence-corrected chi connectivity index (χ0v) is 9.91. The Hall–Kier alpha value is -0.760. The van der Waals surface area contributed by atoms with Crippen LogP contribution in [-0.4, -0.2) is 39.3 Å². The van der Waals surface area contributed by atoms with E-state index >= 15 is 0 Å². The minimum atomic E-state index is 0.284. The van der Waals surface area contributed by atoms with Crippen molar-refractivity contribution in [2.45, 2.75) is 19.4 Å². The fraction of sp³-hybridized carbons (Fsp3) is 0.778.